The van der Waals surface area contributed by atoms with E-state index in [-0.39, 0.29) is 0 Å². The Hall–Kier alpha value is -1.53. The molecule has 1 aliphatic rings. The molecule has 6 heteroatoms. The predicted octanol–water partition coefficient (Wildman–Crippen LogP) is 2.03. The van der Waals surface area contributed by atoms with E-state index in [1.54, 1.807) is 28.7 Å². The number of hydrogen-bond donors (Lipinski definition) is 2. The molecule has 2 heterocycles. The van der Waals surface area contributed by atoms with Crippen LogP contribution in [0.4, 0.5) is 5.69 Å². The lowest BCUT2D eigenvalue weighted by molar-refractivity contribution is 0.464. The summed E-state index contributed by atoms with van der Waals surface area (Å²) in [5.41, 5.74) is 7.13. The number of nitrogen functional groups attached to an aromatic ring is 1. The van der Waals surface area contributed by atoms with Crippen molar-refractivity contribution < 1.29 is 8.42 Å². The van der Waals surface area contributed by atoms with Gasteiger partial charge in [0.1, 0.15) is 4.90 Å². The number of rotatable bonds is 2. The first-order valence-corrected chi connectivity index (χ1v) is 8.20. The molecule has 3 N–H and O–H groups in total. The van der Waals surface area contributed by atoms with Crippen molar-refractivity contribution in [2.24, 2.45) is 11.8 Å². The molecule has 20 heavy (non-hydrogen) atoms. The highest BCUT2D eigenvalue weighted by Gasteiger charge is 2.36. The Bertz CT molecular complexity index is 741. The lowest BCUT2D eigenvalue weighted by atomic mass is 10.0. The van der Waals surface area contributed by atoms with Crippen molar-refractivity contribution in [1.29, 1.82) is 0 Å². The highest BCUT2D eigenvalue weighted by molar-refractivity contribution is 7.89. The van der Waals surface area contributed by atoms with Gasteiger partial charge in [-0.15, -0.1) is 0 Å². The maximum atomic E-state index is 12.8. The van der Waals surface area contributed by atoms with E-state index in [4.69, 9.17) is 5.73 Å². The Morgan fingerprint density at radius 2 is 1.90 bits per heavy atom. The number of hydrogen-bond acceptors (Lipinski definition) is 3. The number of nitrogens with two attached hydrogens (primary N) is 1. The molecule has 0 bridgehead atoms. The molecule has 0 amide bonds. The largest absolute Gasteiger partial charge is 0.399 e. The number of fused-ring (bicyclic) bond motifs is 1. The zero-order valence-corrected chi connectivity index (χ0v) is 12.4. The van der Waals surface area contributed by atoms with Crippen LogP contribution in [0.2, 0.25) is 0 Å². The van der Waals surface area contributed by atoms with Crippen LogP contribution in [-0.4, -0.2) is 30.8 Å². The number of aromatic amines is 1. The third-order valence-corrected chi connectivity index (χ3v) is 6.11. The number of H-pyrrole nitrogens is 1. The van der Waals surface area contributed by atoms with E-state index >= 15 is 0 Å². The molecule has 2 unspecified atom stereocenters. The minimum Gasteiger partial charge on any atom is -0.399 e. The number of nitrogens with one attached hydrogen (secondary N) is 1. The molecule has 1 aromatic carbocycles. The lowest BCUT2D eigenvalue weighted by Crippen LogP contribution is -2.28. The SMILES string of the molecule is CC1CN(S(=O)(=O)c2c[nH]c3ccc(N)cc23)CC1C. The average Bonchev–Trinajstić information content (AvgIpc) is 2.94. The number of aromatic nitrogens is 1. The first kappa shape index (κ1) is 13.5. The van der Waals surface area contributed by atoms with Crippen molar-refractivity contribution in [3.63, 3.8) is 0 Å². The minimum absolute atomic E-state index is 0.320. The molecular weight excluding hydrogens is 274 g/mol. The second-order valence-electron chi connectivity index (χ2n) is 5.73. The van der Waals surface area contributed by atoms with Gasteiger partial charge >= 0.3 is 0 Å². The molecular formula is C14H19N3O2S. The Morgan fingerprint density at radius 3 is 2.55 bits per heavy atom. The van der Waals surface area contributed by atoms with E-state index in [1.807, 2.05) is 0 Å². The lowest BCUT2D eigenvalue weighted by Gasteiger charge is -2.15. The van der Waals surface area contributed by atoms with Crippen molar-refractivity contribution in [2.45, 2.75) is 18.7 Å². The van der Waals surface area contributed by atoms with Gasteiger partial charge in [-0.3, -0.25) is 0 Å². The van der Waals surface area contributed by atoms with E-state index in [2.05, 4.69) is 18.8 Å². The standard InChI is InChI=1S/C14H19N3O2S/c1-9-7-17(8-10(9)2)20(18,19)14-6-16-13-4-3-11(15)5-12(13)14/h3-6,9-10,16H,7-8,15H2,1-2H3. The van der Waals surface area contributed by atoms with Gasteiger partial charge in [-0.2, -0.15) is 4.31 Å². The van der Waals surface area contributed by atoms with Crippen LogP contribution >= 0.6 is 0 Å². The predicted molar refractivity (Wildman–Crippen MR) is 79.8 cm³/mol. The van der Waals surface area contributed by atoms with E-state index in [0.717, 1.165) is 5.52 Å². The first-order chi connectivity index (χ1) is 9.39. The van der Waals surface area contributed by atoms with Crippen LogP contribution in [0.3, 0.4) is 0 Å². The Kier molecular flexibility index (Phi) is 3.02. The van der Waals surface area contributed by atoms with E-state index in [9.17, 15) is 8.42 Å². The third kappa shape index (κ3) is 1.99. The third-order valence-electron chi connectivity index (χ3n) is 4.24. The fraction of sp³-hybridized carbons (Fsp3) is 0.429. The van der Waals surface area contributed by atoms with Gasteiger partial charge in [0.2, 0.25) is 10.0 Å². The van der Waals surface area contributed by atoms with Gasteiger partial charge in [-0.1, -0.05) is 13.8 Å². The Labute approximate surface area is 118 Å². The van der Waals surface area contributed by atoms with Crippen molar-refractivity contribution in [2.75, 3.05) is 18.8 Å². The molecule has 0 saturated carbocycles. The van der Waals surface area contributed by atoms with Crippen molar-refractivity contribution in [3.8, 4) is 0 Å². The molecule has 1 aromatic heterocycles. The van der Waals surface area contributed by atoms with Gasteiger partial charge < -0.3 is 10.7 Å². The average molecular weight is 293 g/mol. The minimum atomic E-state index is -3.46. The van der Waals surface area contributed by atoms with E-state index in [0.29, 0.717) is 40.9 Å². The summed E-state index contributed by atoms with van der Waals surface area (Å²) >= 11 is 0. The van der Waals surface area contributed by atoms with Crippen LogP contribution in [-0.2, 0) is 10.0 Å². The van der Waals surface area contributed by atoms with Gasteiger partial charge in [0, 0.05) is 35.9 Å². The summed E-state index contributed by atoms with van der Waals surface area (Å²) in [7, 11) is -3.46. The Balaban J connectivity index is 2.08. The van der Waals surface area contributed by atoms with E-state index < -0.39 is 10.0 Å². The fourth-order valence-corrected chi connectivity index (χ4v) is 4.53. The molecule has 2 atom stereocenters. The summed E-state index contributed by atoms with van der Waals surface area (Å²) in [4.78, 5) is 3.33. The summed E-state index contributed by atoms with van der Waals surface area (Å²) in [6.45, 7) is 5.35. The second kappa shape index (κ2) is 4.49. The van der Waals surface area contributed by atoms with Crippen LogP contribution in [0.15, 0.2) is 29.3 Å². The molecule has 0 spiro atoms. The topological polar surface area (TPSA) is 79.2 Å². The summed E-state index contributed by atoms with van der Waals surface area (Å²) in [6, 6.07) is 5.27. The van der Waals surface area contributed by atoms with Crippen molar-refractivity contribution in [3.05, 3.63) is 24.4 Å². The highest BCUT2D eigenvalue weighted by atomic mass is 32.2. The maximum absolute atomic E-state index is 12.8. The summed E-state index contributed by atoms with van der Waals surface area (Å²) in [5, 5.41) is 0.664. The van der Waals surface area contributed by atoms with Gasteiger partial charge in [0.15, 0.2) is 0 Å². The monoisotopic (exact) mass is 293 g/mol. The molecule has 0 aliphatic carbocycles. The van der Waals surface area contributed by atoms with Gasteiger partial charge in [0.05, 0.1) is 0 Å². The molecule has 3 rings (SSSR count). The maximum Gasteiger partial charge on any atom is 0.245 e. The highest BCUT2D eigenvalue weighted by Crippen LogP contribution is 2.32. The first-order valence-electron chi connectivity index (χ1n) is 6.76. The summed E-state index contributed by atoms with van der Waals surface area (Å²) < 4.78 is 27.1. The van der Waals surface area contributed by atoms with E-state index in [1.165, 1.54) is 0 Å². The number of nitrogens with zero attached hydrogens (tertiary/aromatic N) is 1. The zero-order valence-electron chi connectivity index (χ0n) is 11.6. The van der Waals surface area contributed by atoms with Crippen LogP contribution < -0.4 is 5.73 Å². The quantitative estimate of drug-likeness (QED) is 0.831. The number of benzene rings is 1. The normalized spacial score (nSPS) is 24.5. The molecule has 5 nitrogen and oxygen atoms in total. The van der Waals surface area contributed by atoms with Gasteiger partial charge in [-0.25, -0.2) is 8.42 Å². The second-order valence-corrected chi connectivity index (χ2v) is 7.64. The van der Waals surface area contributed by atoms with Crippen LogP contribution in [0, 0.1) is 11.8 Å². The van der Waals surface area contributed by atoms with Crippen LogP contribution in [0.5, 0.6) is 0 Å². The van der Waals surface area contributed by atoms with Crippen LogP contribution in [0.1, 0.15) is 13.8 Å². The number of sulfonamides is 1. The summed E-state index contributed by atoms with van der Waals surface area (Å²) in [5.74, 6) is 0.778. The zero-order chi connectivity index (χ0) is 14.5. The van der Waals surface area contributed by atoms with Crippen molar-refractivity contribution >= 4 is 26.6 Å². The van der Waals surface area contributed by atoms with Crippen LogP contribution in [0.25, 0.3) is 10.9 Å². The van der Waals surface area contributed by atoms with Gasteiger partial charge in [-0.05, 0) is 30.0 Å². The van der Waals surface area contributed by atoms with Gasteiger partial charge in [0.25, 0.3) is 0 Å². The fourth-order valence-electron chi connectivity index (χ4n) is 2.74. The number of anilines is 1. The molecule has 1 fully saturated rings. The Morgan fingerprint density at radius 1 is 1.25 bits per heavy atom. The molecule has 1 saturated heterocycles. The van der Waals surface area contributed by atoms with Crippen molar-refractivity contribution in [1.82, 2.24) is 9.29 Å². The molecule has 108 valence electrons. The molecule has 2 aromatic rings. The molecule has 1 aliphatic heterocycles. The summed E-state index contributed by atoms with van der Waals surface area (Å²) in [6.07, 6.45) is 1.56. The smallest absolute Gasteiger partial charge is 0.245 e. The molecule has 0 radical (unpaired) electrons.